The van der Waals surface area contributed by atoms with Crippen molar-refractivity contribution in [2.45, 2.75) is 62.9 Å². The minimum Gasteiger partial charge on any atom is -0.491 e. The van der Waals surface area contributed by atoms with Gasteiger partial charge in [-0.2, -0.15) is 0 Å². The number of hydrogen-bond donors (Lipinski definition) is 1. The van der Waals surface area contributed by atoms with Gasteiger partial charge in [0.25, 0.3) is 0 Å². The predicted molar refractivity (Wildman–Crippen MR) is 127 cm³/mol. The second-order valence-corrected chi connectivity index (χ2v) is 10.7. The van der Waals surface area contributed by atoms with Gasteiger partial charge in [0, 0.05) is 30.8 Å². The van der Waals surface area contributed by atoms with Crippen LogP contribution in [-0.2, 0) is 32.5 Å². The summed E-state index contributed by atoms with van der Waals surface area (Å²) in [5, 5.41) is 9.40. The molecule has 1 N–H and O–H groups in total. The molecule has 0 bridgehead atoms. The van der Waals surface area contributed by atoms with Crippen LogP contribution in [0.2, 0.25) is 0 Å². The molecule has 1 saturated carbocycles. The van der Waals surface area contributed by atoms with Gasteiger partial charge in [0.15, 0.2) is 0 Å². The van der Waals surface area contributed by atoms with Crippen molar-refractivity contribution in [3.8, 4) is 11.5 Å². The van der Waals surface area contributed by atoms with Crippen LogP contribution in [0.3, 0.4) is 0 Å². The maximum Gasteiger partial charge on any atom is 0.123 e. The van der Waals surface area contributed by atoms with Crippen molar-refractivity contribution in [2.75, 3.05) is 33.0 Å². The lowest BCUT2D eigenvalue weighted by Gasteiger charge is -2.28. The average molecular weight is 467 g/mol. The fourth-order valence-corrected chi connectivity index (χ4v) is 4.61. The Morgan fingerprint density at radius 2 is 1.41 bits per heavy atom. The first-order valence-electron chi connectivity index (χ1n) is 12.5. The highest BCUT2D eigenvalue weighted by molar-refractivity contribution is 5.48. The van der Waals surface area contributed by atoms with Crippen molar-refractivity contribution in [1.82, 2.24) is 0 Å². The Kier molecular flexibility index (Phi) is 5.80. The lowest BCUT2D eigenvalue weighted by atomic mass is 9.76. The molecule has 1 aliphatic carbocycles. The Morgan fingerprint density at radius 1 is 0.853 bits per heavy atom. The first-order valence-corrected chi connectivity index (χ1v) is 12.5. The molecule has 4 aliphatic rings. The van der Waals surface area contributed by atoms with E-state index < -0.39 is 0 Å². The first-order chi connectivity index (χ1) is 16.5. The van der Waals surface area contributed by atoms with E-state index >= 15 is 0 Å². The molecule has 0 spiro atoms. The van der Waals surface area contributed by atoms with Crippen LogP contribution in [0.5, 0.6) is 11.5 Å². The highest BCUT2D eigenvalue weighted by Crippen LogP contribution is 2.40. The van der Waals surface area contributed by atoms with Crippen LogP contribution in [-0.4, -0.2) is 62.6 Å². The lowest BCUT2D eigenvalue weighted by Crippen LogP contribution is -2.20. The number of aliphatic hydroxyl groups is 1. The van der Waals surface area contributed by atoms with Gasteiger partial charge in [0.2, 0.25) is 0 Å². The van der Waals surface area contributed by atoms with Crippen molar-refractivity contribution in [1.29, 1.82) is 0 Å². The Balaban J connectivity index is 1.26. The van der Waals surface area contributed by atoms with Gasteiger partial charge < -0.3 is 28.8 Å². The SMILES string of the molecule is CC(C)(c1ccc(OCC2CO2)c(CC2CO2)c1)c1ccc(OC2CC2CO)c(CC2CO2)c1. The molecule has 6 rings (SSSR count). The molecule has 0 aromatic heterocycles. The van der Waals surface area contributed by atoms with E-state index in [1.165, 1.54) is 22.3 Å². The van der Waals surface area contributed by atoms with Crippen molar-refractivity contribution < 1.29 is 28.8 Å². The van der Waals surface area contributed by atoms with Crippen molar-refractivity contribution >= 4 is 0 Å². The molecule has 3 saturated heterocycles. The second-order valence-electron chi connectivity index (χ2n) is 10.7. The minimum atomic E-state index is -0.192. The summed E-state index contributed by atoms with van der Waals surface area (Å²) in [6, 6.07) is 13.1. The van der Waals surface area contributed by atoms with Gasteiger partial charge in [-0.3, -0.25) is 0 Å². The Morgan fingerprint density at radius 3 is 1.94 bits per heavy atom. The van der Waals surface area contributed by atoms with Crippen LogP contribution in [0.1, 0.15) is 42.5 Å². The topological polar surface area (TPSA) is 76.3 Å². The summed E-state index contributed by atoms with van der Waals surface area (Å²) in [5.41, 5.74) is 4.70. The van der Waals surface area contributed by atoms with Crippen LogP contribution in [0.25, 0.3) is 0 Å². The number of rotatable bonds is 12. The van der Waals surface area contributed by atoms with Gasteiger partial charge in [-0.15, -0.1) is 0 Å². The molecule has 2 aromatic rings. The highest BCUT2D eigenvalue weighted by atomic mass is 16.6. The van der Waals surface area contributed by atoms with E-state index in [9.17, 15) is 5.11 Å². The minimum absolute atomic E-state index is 0.128. The van der Waals surface area contributed by atoms with Gasteiger partial charge in [-0.05, 0) is 40.8 Å². The van der Waals surface area contributed by atoms with Crippen LogP contribution in [0, 0.1) is 5.92 Å². The average Bonchev–Trinajstić information content (AvgIpc) is 3.66. The third-order valence-electron chi connectivity index (χ3n) is 7.46. The number of epoxide rings is 3. The second kappa shape index (κ2) is 8.83. The van der Waals surface area contributed by atoms with E-state index in [2.05, 4.69) is 50.2 Å². The van der Waals surface area contributed by atoms with E-state index in [4.69, 9.17) is 23.7 Å². The molecule has 3 heterocycles. The predicted octanol–water partition coefficient (Wildman–Crippen LogP) is 3.43. The number of benzene rings is 2. The number of aliphatic hydroxyl groups excluding tert-OH is 1. The van der Waals surface area contributed by atoms with Gasteiger partial charge in [-0.1, -0.05) is 38.1 Å². The van der Waals surface area contributed by atoms with E-state index in [1.807, 2.05) is 0 Å². The quantitative estimate of drug-likeness (QED) is 0.483. The van der Waals surface area contributed by atoms with Crippen LogP contribution >= 0.6 is 0 Å². The summed E-state index contributed by atoms with van der Waals surface area (Å²) in [7, 11) is 0. The maximum absolute atomic E-state index is 9.40. The van der Waals surface area contributed by atoms with Gasteiger partial charge in [-0.25, -0.2) is 0 Å². The molecular formula is C28H34O6. The zero-order valence-corrected chi connectivity index (χ0v) is 20.0. The Bertz CT molecular complexity index is 1040. The molecule has 4 fully saturated rings. The number of hydrogen-bond acceptors (Lipinski definition) is 6. The molecule has 5 unspecified atom stereocenters. The molecule has 34 heavy (non-hydrogen) atoms. The van der Waals surface area contributed by atoms with Gasteiger partial charge in [0.1, 0.15) is 30.3 Å². The molecule has 5 atom stereocenters. The molecule has 0 radical (unpaired) electrons. The largest absolute Gasteiger partial charge is 0.491 e. The van der Waals surface area contributed by atoms with Crippen LogP contribution < -0.4 is 9.47 Å². The summed E-state index contributed by atoms with van der Waals surface area (Å²) >= 11 is 0. The summed E-state index contributed by atoms with van der Waals surface area (Å²) in [6.45, 7) is 7.77. The van der Waals surface area contributed by atoms with E-state index in [0.29, 0.717) is 12.7 Å². The normalized spacial score (nSPS) is 29.0. The van der Waals surface area contributed by atoms with Crippen molar-refractivity contribution in [2.24, 2.45) is 5.92 Å². The van der Waals surface area contributed by atoms with E-state index in [0.717, 1.165) is 50.6 Å². The zero-order chi connectivity index (χ0) is 23.3. The van der Waals surface area contributed by atoms with Crippen molar-refractivity contribution in [3.05, 3.63) is 58.7 Å². The fourth-order valence-electron chi connectivity index (χ4n) is 4.61. The van der Waals surface area contributed by atoms with Crippen LogP contribution in [0.4, 0.5) is 0 Å². The van der Waals surface area contributed by atoms with Gasteiger partial charge >= 0.3 is 0 Å². The van der Waals surface area contributed by atoms with Crippen molar-refractivity contribution in [3.63, 3.8) is 0 Å². The standard InChI is InChI=1S/C28H34O6/c1-28(2,20-3-5-25(33-16-24-15-32-24)17(7-20)9-22-13-30-22)21-4-6-26(34-27-11-19(27)12-29)18(8-21)10-23-14-31-23/h3-8,19,22-24,27,29H,9-16H2,1-2H3. The fraction of sp³-hybridized carbons (Fsp3) is 0.571. The number of ether oxygens (including phenoxy) is 5. The Hall–Kier alpha value is -2.12. The molecule has 2 aromatic carbocycles. The van der Waals surface area contributed by atoms with Gasteiger partial charge in [0.05, 0.1) is 32.0 Å². The Labute approximate surface area is 201 Å². The molecule has 182 valence electrons. The molecule has 6 nitrogen and oxygen atoms in total. The third-order valence-corrected chi connectivity index (χ3v) is 7.46. The molecule has 3 aliphatic heterocycles. The smallest absolute Gasteiger partial charge is 0.123 e. The van der Waals surface area contributed by atoms with E-state index in [1.54, 1.807) is 0 Å². The molecule has 6 heteroatoms. The zero-order valence-electron chi connectivity index (χ0n) is 20.0. The summed E-state index contributed by atoms with van der Waals surface area (Å²) < 4.78 is 28.7. The summed E-state index contributed by atoms with van der Waals surface area (Å²) in [6.07, 6.45) is 3.60. The highest BCUT2D eigenvalue weighted by Gasteiger charge is 2.39. The monoisotopic (exact) mass is 466 g/mol. The molecular weight excluding hydrogens is 432 g/mol. The molecule has 0 amide bonds. The van der Waals surface area contributed by atoms with Crippen LogP contribution in [0.15, 0.2) is 36.4 Å². The lowest BCUT2D eigenvalue weighted by molar-refractivity contribution is 0.223. The third kappa shape index (κ3) is 5.10. The first kappa shape index (κ1) is 22.4. The van der Waals surface area contributed by atoms with E-state index in [-0.39, 0.29) is 36.3 Å². The summed E-state index contributed by atoms with van der Waals surface area (Å²) in [5.74, 6) is 2.12. The summed E-state index contributed by atoms with van der Waals surface area (Å²) in [4.78, 5) is 0. The maximum atomic E-state index is 9.40.